The first-order valence-electron chi connectivity index (χ1n) is 9.41. The number of hydrogen-bond donors (Lipinski definition) is 1. The van der Waals surface area contributed by atoms with E-state index in [9.17, 15) is 13.2 Å². The lowest BCUT2D eigenvalue weighted by Gasteiger charge is -2.25. The minimum atomic E-state index is -3.67. The van der Waals surface area contributed by atoms with Crippen LogP contribution < -0.4 is 14.4 Å². The van der Waals surface area contributed by atoms with Crippen LogP contribution in [0.5, 0.6) is 11.5 Å². The van der Waals surface area contributed by atoms with E-state index < -0.39 is 15.9 Å². The highest BCUT2D eigenvalue weighted by Crippen LogP contribution is 2.30. The number of carbonyl (C=O) groups excluding carboxylic acids is 1. The van der Waals surface area contributed by atoms with Crippen molar-refractivity contribution < 1.29 is 17.9 Å². The van der Waals surface area contributed by atoms with Crippen LogP contribution in [0.25, 0.3) is 0 Å². The Morgan fingerprint density at radius 2 is 1.50 bits per heavy atom. The molecule has 3 aromatic carbocycles. The number of hydrogen-bond acceptors (Lipinski definition) is 4. The molecular formula is C23H24N2O4S. The van der Waals surface area contributed by atoms with Gasteiger partial charge in [-0.3, -0.25) is 9.10 Å². The average molecular weight is 425 g/mol. The van der Waals surface area contributed by atoms with Gasteiger partial charge < -0.3 is 10.1 Å². The summed E-state index contributed by atoms with van der Waals surface area (Å²) in [4.78, 5) is 12.8. The van der Waals surface area contributed by atoms with Gasteiger partial charge in [0.2, 0.25) is 15.9 Å². The molecule has 0 spiro atoms. The predicted molar refractivity (Wildman–Crippen MR) is 120 cm³/mol. The lowest BCUT2D eigenvalue weighted by Crippen LogP contribution is -2.38. The van der Waals surface area contributed by atoms with Crippen molar-refractivity contribution in [1.82, 2.24) is 0 Å². The molecule has 3 aromatic rings. The minimum absolute atomic E-state index is 0.343. The number of ether oxygens (including phenoxy) is 1. The van der Waals surface area contributed by atoms with Crippen molar-refractivity contribution in [3.05, 3.63) is 83.9 Å². The van der Waals surface area contributed by atoms with Crippen LogP contribution in [0.1, 0.15) is 11.1 Å². The van der Waals surface area contributed by atoms with Crippen molar-refractivity contribution in [3.63, 3.8) is 0 Å². The molecular weight excluding hydrogens is 400 g/mol. The Morgan fingerprint density at radius 3 is 2.13 bits per heavy atom. The third kappa shape index (κ3) is 5.18. The molecule has 1 N–H and O–H groups in total. The maximum atomic E-state index is 12.8. The summed E-state index contributed by atoms with van der Waals surface area (Å²) >= 11 is 0. The largest absolute Gasteiger partial charge is 0.455 e. The minimum Gasteiger partial charge on any atom is -0.455 e. The highest BCUT2D eigenvalue weighted by atomic mass is 32.2. The third-order valence-electron chi connectivity index (χ3n) is 4.51. The molecule has 1 amide bonds. The van der Waals surface area contributed by atoms with Crippen molar-refractivity contribution in [3.8, 4) is 11.5 Å². The molecule has 0 bridgehead atoms. The molecule has 0 aliphatic carbocycles. The number of carbonyl (C=O) groups is 1. The van der Waals surface area contributed by atoms with E-state index in [1.54, 1.807) is 24.3 Å². The fourth-order valence-corrected chi connectivity index (χ4v) is 4.13. The zero-order chi connectivity index (χ0) is 21.7. The van der Waals surface area contributed by atoms with E-state index in [2.05, 4.69) is 5.32 Å². The normalized spacial score (nSPS) is 11.0. The summed E-state index contributed by atoms with van der Waals surface area (Å²) in [6.07, 6.45) is 1.10. The smallest absolute Gasteiger partial charge is 0.245 e. The molecule has 0 unspecified atom stereocenters. The van der Waals surface area contributed by atoms with Crippen LogP contribution in [0, 0.1) is 13.8 Å². The van der Waals surface area contributed by atoms with Crippen LogP contribution in [0.4, 0.5) is 11.4 Å². The number of benzene rings is 3. The quantitative estimate of drug-likeness (QED) is 0.606. The predicted octanol–water partition coefficient (Wildman–Crippen LogP) is 4.50. The van der Waals surface area contributed by atoms with E-state index in [1.807, 2.05) is 62.4 Å². The molecule has 0 fully saturated rings. The first-order chi connectivity index (χ1) is 14.3. The monoisotopic (exact) mass is 424 g/mol. The molecule has 0 aliphatic rings. The second-order valence-electron chi connectivity index (χ2n) is 6.97. The number of para-hydroxylation sites is 4. The number of amides is 1. The van der Waals surface area contributed by atoms with Crippen molar-refractivity contribution >= 4 is 27.3 Å². The molecule has 3 rings (SSSR count). The van der Waals surface area contributed by atoms with Crippen molar-refractivity contribution in [2.24, 2.45) is 0 Å². The van der Waals surface area contributed by atoms with Crippen LogP contribution in [0.2, 0.25) is 0 Å². The first kappa shape index (κ1) is 21.4. The van der Waals surface area contributed by atoms with Crippen molar-refractivity contribution in [1.29, 1.82) is 0 Å². The first-order valence-corrected chi connectivity index (χ1v) is 11.3. The zero-order valence-corrected chi connectivity index (χ0v) is 17.9. The van der Waals surface area contributed by atoms with Gasteiger partial charge in [0, 0.05) is 0 Å². The lowest BCUT2D eigenvalue weighted by atomic mass is 10.1. The van der Waals surface area contributed by atoms with Gasteiger partial charge in [0.15, 0.2) is 5.75 Å². The van der Waals surface area contributed by atoms with E-state index in [-0.39, 0.29) is 6.54 Å². The van der Waals surface area contributed by atoms with Crippen LogP contribution in [-0.4, -0.2) is 27.1 Å². The fourth-order valence-electron chi connectivity index (χ4n) is 3.16. The summed E-state index contributed by atoms with van der Waals surface area (Å²) in [5.41, 5.74) is 2.53. The van der Waals surface area contributed by atoms with Gasteiger partial charge in [0.25, 0.3) is 0 Å². The van der Waals surface area contributed by atoms with Crippen LogP contribution in [-0.2, 0) is 14.8 Å². The molecule has 0 saturated heterocycles. The summed E-state index contributed by atoms with van der Waals surface area (Å²) in [6, 6.07) is 21.7. The van der Waals surface area contributed by atoms with Crippen LogP contribution >= 0.6 is 0 Å². The molecule has 0 radical (unpaired) electrons. The van der Waals surface area contributed by atoms with E-state index in [4.69, 9.17) is 4.74 Å². The number of sulfonamides is 1. The Morgan fingerprint density at radius 1 is 0.900 bits per heavy atom. The van der Waals surface area contributed by atoms with Gasteiger partial charge in [0.05, 0.1) is 17.6 Å². The molecule has 7 heteroatoms. The Bertz CT molecular complexity index is 1120. The molecule has 156 valence electrons. The van der Waals surface area contributed by atoms with E-state index in [1.165, 1.54) is 0 Å². The second kappa shape index (κ2) is 9.00. The number of anilines is 2. The second-order valence-corrected chi connectivity index (χ2v) is 8.88. The number of nitrogens with zero attached hydrogens (tertiary/aromatic N) is 1. The van der Waals surface area contributed by atoms with E-state index in [0.717, 1.165) is 21.7 Å². The summed E-state index contributed by atoms with van der Waals surface area (Å²) in [7, 11) is -3.67. The Labute approximate surface area is 177 Å². The zero-order valence-electron chi connectivity index (χ0n) is 17.1. The lowest BCUT2D eigenvalue weighted by molar-refractivity contribution is -0.114. The van der Waals surface area contributed by atoms with Crippen LogP contribution in [0.3, 0.4) is 0 Å². The Kier molecular flexibility index (Phi) is 6.42. The SMILES string of the molecule is Cc1cccc(C)c1N(CC(=O)Nc1ccccc1Oc1ccccc1)S(C)(=O)=O. The molecule has 6 nitrogen and oxygen atoms in total. The van der Waals surface area contributed by atoms with Gasteiger partial charge in [-0.25, -0.2) is 8.42 Å². The molecule has 0 aliphatic heterocycles. The summed E-state index contributed by atoms with van der Waals surface area (Å²) in [5, 5.41) is 2.77. The van der Waals surface area contributed by atoms with Gasteiger partial charge in [-0.1, -0.05) is 48.5 Å². The summed E-state index contributed by atoms with van der Waals surface area (Å²) in [5.74, 6) is 0.634. The maximum Gasteiger partial charge on any atom is 0.245 e. The average Bonchev–Trinajstić information content (AvgIpc) is 2.68. The fraction of sp³-hybridized carbons (Fsp3) is 0.174. The van der Waals surface area contributed by atoms with Gasteiger partial charge in [-0.2, -0.15) is 0 Å². The van der Waals surface area contributed by atoms with Gasteiger partial charge in [-0.15, -0.1) is 0 Å². The number of nitrogens with one attached hydrogen (secondary N) is 1. The third-order valence-corrected chi connectivity index (χ3v) is 5.62. The maximum absolute atomic E-state index is 12.8. The molecule has 0 heterocycles. The van der Waals surface area contributed by atoms with Crippen LogP contribution in [0.15, 0.2) is 72.8 Å². The van der Waals surface area contributed by atoms with E-state index in [0.29, 0.717) is 22.9 Å². The highest BCUT2D eigenvalue weighted by Gasteiger charge is 2.24. The summed E-state index contributed by atoms with van der Waals surface area (Å²) in [6.45, 7) is 3.30. The standard InChI is InChI=1S/C23H24N2O4S/c1-17-10-9-11-18(2)23(17)25(30(3,27)28)16-22(26)24-20-14-7-8-15-21(20)29-19-12-5-4-6-13-19/h4-15H,16H2,1-3H3,(H,24,26). The molecule has 30 heavy (non-hydrogen) atoms. The van der Waals surface area contributed by atoms with Gasteiger partial charge in [-0.05, 0) is 49.2 Å². The van der Waals surface area contributed by atoms with Crippen molar-refractivity contribution in [2.45, 2.75) is 13.8 Å². The number of rotatable bonds is 7. The highest BCUT2D eigenvalue weighted by molar-refractivity contribution is 7.92. The number of aryl methyl sites for hydroxylation is 2. The molecule has 0 atom stereocenters. The molecule has 0 saturated carbocycles. The topological polar surface area (TPSA) is 75.7 Å². The Hall–Kier alpha value is -3.32. The van der Waals surface area contributed by atoms with Gasteiger partial charge in [0.1, 0.15) is 12.3 Å². The summed E-state index contributed by atoms with van der Waals surface area (Å²) < 4.78 is 31.9. The van der Waals surface area contributed by atoms with Gasteiger partial charge >= 0.3 is 0 Å². The molecule has 0 aromatic heterocycles. The Balaban J connectivity index is 1.84. The van der Waals surface area contributed by atoms with E-state index >= 15 is 0 Å². The van der Waals surface area contributed by atoms with Crippen molar-refractivity contribution in [2.75, 3.05) is 22.4 Å².